The molecule has 0 spiro atoms. The number of morpholine rings is 1. The summed E-state index contributed by atoms with van der Waals surface area (Å²) in [6.45, 7) is 8.42. The second kappa shape index (κ2) is 5.75. The number of rotatable bonds is 2. The molecule has 0 bridgehead atoms. The van der Waals surface area contributed by atoms with Crippen molar-refractivity contribution in [2.75, 3.05) is 32.8 Å². The summed E-state index contributed by atoms with van der Waals surface area (Å²) in [5, 5.41) is 15.9. The van der Waals surface area contributed by atoms with Gasteiger partial charge in [-0.05, 0) is 20.8 Å². The summed E-state index contributed by atoms with van der Waals surface area (Å²) in [6, 6.07) is 0.222. The van der Waals surface area contributed by atoms with Crippen LogP contribution in [0.4, 0.5) is 0 Å². The molecule has 2 aliphatic rings. The molecule has 0 aromatic rings. The Labute approximate surface area is 114 Å². The molecular formula is C13H25N3O3. The smallest absolute Gasteiger partial charge is 0.241 e. The Kier molecular flexibility index (Phi) is 4.45. The predicted octanol–water partition coefficient (Wildman–Crippen LogP) is -1.07. The van der Waals surface area contributed by atoms with Crippen LogP contribution in [0.1, 0.15) is 20.8 Å². The van der Waals surface area contributed by atoms with Crippen molar-refractivity contribution in [3.63, 3.8) is 0 Å². The zero-order valence-electron chi connectivity index (χ0n) is 12.0. The van der Waals surface area contributed by atoms with E-state index in [4.69, 9.17) is 4.74 Å². The van der Waals surface area contributed by atoms with Gasteiger partial charge >= 0.3 is 0 Å². The quantitative estimate of drug-likeness (QED) is 0.597. The fourth-order valence-corrected chi connectivity index (χ4v) is 2.74. The SMILES string of the molecule is CC1CNC(C(=O)N2CC(CO)OC(C)(C)C2)CN1. The molecule has 2 rings (SSSR count). The molecule has 6 nitrogen and oxygen atoms in total. The number of hydrogen-bond acceptors (Lipinski definition) is 5. The maximum Gasteiger partial charge on any atom is 0.241 e. The normalized spacial score (nSPS) is 35.2. The second-order valence-corrected chi connectivity index (χ2v) is 6.17. The first-order valence-corrected chi connectivity index (χ1v) is 6.95. The van der Waals surface area contributed by atoms with Crippen LogP contribution in [0.3, 0.4) is 0 Å². The Morgan fingerprint density at radius 1 is 1.42 bits per heavy atom. The molecule has 2 aliphatic heterocycles. The van der Waals surface area contributed by atoms with E-state index in [0.717, 1.165) is 6.54 Å². The van der Waals surface area contributed by atoms with Gasteiger partial charge in [0.1, 0.15) is 0 Å². The largest absolute Gasteiger partial charge is 0.394 e. The molecule has 0 aliphatic carbocycles. The minimum atomic E-state index is -0.406. The van der Waals surface area contributed by atoms with Crippen molar-refractivity contribution >= 4 is 5.91 Å². The van der Waals surface area contributed by atoms with Gasteiger partial charge in [-0.3, -0.25) is 4.79 Å². The van der Waals surface area contributed by atoms with E-state index >= 15 is 0 Å². The first kappa shape index (κ1) is 14.7. The number of nitrogens with one attached hydrogen (secondary N) is 2. The number of aliphatic hydroxyl groups excluding tert-OH is 1. The van der Waals surface area contributed by atoms with Gasteiger partial charge in [-0.2, -0.15) is 0 Å². The molecule has 0 radical (unpaired) electrons. The average molecular weight is 271 g/mol. The van der Waals surface area contributed by atoms with Gasteiger partial charge in [-0.1, -0.05) is 0 Å². The molecule has 2 saturated heterocycles. The number of ether oxygens (including phenoxy) is 1. The maximum atomic E-state index is 12.5. The number of carbonyl (C=O) groups is 1. The van der Waals surface area contributed by atoms with Gasteiger partial charge < -0.3 is 25.4 Å². The fraction of sp³-hybridized carbons (Fsp3) is 0.923. The van der Waals surface area contributed by atoms with Crippen molar-refractivity contribution in [3.8, 4) is 0 Å². The highest BCUT2D eigenvalue weighted by Gasteiger charge is 2.37. The topological polar surface area (TPSA) is 73.8 Å². The number of amides is 1. The minimum Gasteiger partial charge on any atom is -0.394 e. The molecule has 3 N–H and O–H groups in total. The lowest BCUT2D eigenvalue weighted by molar-refractivity contribution is -0.168. The molecular weight excluding hydrogens is 246 g/mol. The predicted molar refractivity (Wildman–Crippen MR) is 71.9 cm³/mol. The maximum absolute atomic E-state index is 12.5. The molecule has 110 valence electrons. The Morgan fingerprint density at radius 2 is 2.16 bits per heavy atom. The fourth-order valence-electron chi connectivity index (χ4n) is 2.74. The standard InChI is InChI=1S/C13H25N3O3/c1-9-4-15-11(5-14-9)12(18)16-6-10(7-17)19-13(2,3)8-16/h9-11,14-15,17H,4-8H2,1-3H3. The summed E-state index contributed by atoms with van der Waals surface area (Å²) in [5.41, 5.74) is -0.406. The molecule has 1 amide bonds. The lowest BCUT2D eigenvalue weighted by Crippen LogP contribution is -2.63. The summed E-state index contributed by atoms with van der Waals surface area (Å²) >= 11 is 0. The highest BCUT2D eigenvalue weighted by atomic mass is 16.5. The number of aliphatic hydroxyl groups is 1. The first-order valence-electron chi connectivity index (χ1n) is 6.95. The van der Waals surface area contributed by atoms with Crippen LogP contribution in [-0.4, -0.2) is 72.5 Å². The number of hydrogen-bond donors (Lipinski definition) is 3. The summed E-state index contributed by atoms with van der Waals surface area (Å²) in [4.78, 5) is 14.3. The summed E-state index contributed by atoms with van der Waals surface area (Å²) in [5.74, 6) is 0.0919. The monoisotopic (exact) mass is 271 g/mol. The van der Waals surface area contributed by atoms with Gasteiger partial charge in [0.15, 0.2) is 0 Å². The van der Waals surface area contributed by atoms with Crippen molar-refractivity contribution in [3.05, 3.63) is 0 Å². The van der Waals surface area contributed by atoms with E-state index in [2.05, 4.69) is 17.6 Å². The van der Waals surface area contributed by atoms with Crippen LogP contribution in [0, 0.1) is 0 Å². The van der Waals surface area contributed by atoms with Crippen molar-refractivity contribution in [1.82, 2.24) is 15.5 Å². The third-order valence-corrected chi connectivity index (χ3v) is 3.64. The van der Waals surface area contributed by atoms with Gasteiger partial charge in [0.25, 0.3) is 0 Å². The molecule has 6 heteroatoms. The molecule has 3 unspecified atom stereocenters. The van der Waals surface area contributed by atoms with Crippen LogP contribution in [0.5, 0.6) is 0 Å². The van der Waals surface area contributed by atoms with Crippen LogP contribution in [0.2, 0.25) is 0 Å². The van der Waals surface area contributed by atoms with Crippen LogP contribution in [0.15, 0.2) is 0 Å². The van der Waals surface area contributed by atoms with E-state index in [-0.39, 0.29) is 24.7 Å². The number of nitrogens with zero attached hydrogens (tertiary/aromatic N) is 1. The minimum absolute atomic E-state index is 0.0550. The number of carbonyl (C=O) groups excluding carboxylic acids is 1. The van der Waals surface area contributed by atoms with Crippen LogP contribution < -0.4 is 10.6 Å². The Bertz CT molecular complexity index is 327. The summed E-state index contributed by atoms with van der Waals surface area (Å²) in [6.07, 6.45) is -0.289. The summed E-state index contributed by atoms with van der Waals surface area (Å²) in [7, 11) is 0. The van der Waals surface area contributed by atoms with Gasteiger partial charge in [0, 0.05) is 32.2 Å². The zero-order chi connectivity index (χ0) is 14.0. The van der Waals surface area contributed by atoms with Crippen LogP contribution >= 0.6 is 0 Å². The van der Waals surface area contributed by atoms with E-state index in [1.54, 1.807) is 4.90 Å². The highest BCUT2D eigenvalue weighted by Crippen LogP contribution is 2.21. The first-order chi connectivity index (χ1) is 8.91. The van der Waals surface area contributed by atoms with E-state index in [1.807, 2.05) is 13.8 Å². The lowest BCUT2D eigenvalue weighted by atomic mass is 10.0. The Balaban J connectivity index is 1.98. The van der Waals surface area contributed by atoms with Gasteiger partial charge in [-0.25, -0.2) is 0 Å². The average Bonchev–Trinajstić information content (AvgIpc) is 2.37. The van der Waals surface area contributed by atoms with Gasteiger partial charge in [0.2, 0.25) is 5.91 Å². The van der Waals surface area contributed by atoms with Gasteiger partial charge in [-0.15, -0.1) is 0 Å². The molecule has 0 aromatic carbocycles. The molecule has 19 heavy (non-hydrogen) atoms. The van der Waals surface area contributed by atoms with Crippen molar-refractivity contribution in [2.45, 2.75) is 44.6 Å². The molecule has 2 fully saturated rings. The zero-order valence-corrected chi connectivity index (χ0v) is 12.0. The van der Waals surface area contributed by atoms with Crippen molar-refractivity contribution in [2.24, 2.45) is 0 Å². The van der Waals surface area contributed by atoms with Crippen molar-refractivity contribution in [1.29, 1.82) is 0 Å². The van der Waals surface area contributed by atoms with E-state index in [9.17, 15) is 9.90 Å². The summed E-state index contributed by atoms with van der Waals surface area (Å²) < 4.78 is 5.73. The molecule has 0 aromatic heterocycles. The third kappa shape index (κ3) is 3.66. The molecule has 3 atom stereocenters. The Morgan fingerprint density at radius 3 is 2.74 bits per heavy atom. The van der Waals surface area contributed by atoms with Crippen LogP contribution in [-0.2, 0) is 9.53 Å². The molecule has 2 heterocycles. The van der Waals surface area contributed by atoms with E-state index < -0.39 is 5.60 Å². The number of piperazine rings is 1. The highest BCUT2D eigenvalue weighted by molar-refractivity contribution is 5.82. The van der Waals surface area contributed by atoms with E-state index in [1.165, 1.54) is 0 Å². The molecule has 0 saturated carbocycles. The second-order valence-electron chi connectivity index (χ2n) is 6.17. The lowest BCUT2D eigenvalue weighted by Gasteiger charge is -2.44. The Hall–Kier alpha value is -0.690. The van der Waals surface area contributed by atoms with E-state index in [0.29, 0.717) is 25.7 Å². The van der Waals surface area contributed by atoms with Crippen LogP contribution in [0.25, 0.3) is 0 Å². The van der Waals surface area contributed by atoms with Crippen molar-refractivity contribution < 1.29 is 14.6 Å². The third-order valence-electron chi connectivity index (χ3n) is 3.64. The van der Waals surface area contributed by atoms with Gasteiger partial charge in [0.05, 0.1) is 24.4 Å².